The van der Waals surface area contributed by atoms with Crippen molar-refractivity contribution in [1.82, 2.24) is 15.0 Å². The molecule has 2 aromatic rings. The van der Waals surface area contributed by atoms with E-state index in [0.29, 0.717) is 32.2 Å². The first-order valence-electron chi connectivity index (χ1n) is 9.29. The second-order valence-electron chi connectivity index (χ2n) is 6.55. The maximum atomic E-state index is 11.3. The van der Waals surface area contributed by atoms with Crippen LogP contribution < -0.4 is 14.8 Å². The van der Waals surface area contributed by atoms with Gasteiger partial charge in [0, 0.05) is 38.0 Å². The Morgan fingerprint density at radius 3 is 2.50 bits per heavy atom. The van der Waals surface area contributed by atoms with Crippen molar-refractivity contribution in [2.45, 2.75) is 32.5 Å². The maximum Gasteiger partial charge on any atom is 0.213 e. The van der Waals surface area contributed by atoms with E-state index in [4.69, 9.17) is 9.47 Å². The van der Waals surface area contributed by atoms with Crippen molar-refractivity contribution >= 4 is 10.0 Å². The first kappa shape index (κ1) is 22.3. The molecule has 0 spiro atoms. The Morgan fingerprint density at radius 1 is 1.14 bits per heavy atom. The number of nitrogens with one attached hydrogen (secondary N) is 2. The van der Waals surface area contributed by atoms with Gasteiger partial charge >= 0.3 is 0 Å². The highest BCUT2D eigenvalue weighted by Gasteiger charge is 2.12. The quantitative estimate of drug-likeness (QED) is 0.561. The van der Waals surface area contributed by atoms with Gasteiger partial charge in [-0.3, -0.25) is 0 Å². The number of rotatable bonds is 12. The number of hydrogen-bond acceptors (Lipinski definition) is 6. The lowest BCUT2D eigenvalue weighted by Crippen LogP contribution is -2.35. The summed E-state index contributed by atoms with van der Waals surface area (Å²) in [5, 5.41) is 3.37. The predicted molar refractivity (Wildman–Crippen MR) is 110 cm³/mol. The predicted octanol–water partition coefficient (Wildman–Crippen LogP) is 2.27. The van der Waals surface area contributed by atoms with Crippen LogP contribution in [0.2, 0.25) is 0 Å². The Labute approximate surface area is 167 Å². The highest BCUT2D eigenvalue weighted by atomic mass is 32.2. The topological polar surface area (TPSA) is 89.6 Å². The zero-order chi connectivity index (χ0) is 20.4. The molecule has 0 saturated carbocycles. The number of hydrogen-bond donors (Lipinski definition) is 2. The Balaban J connectivity index is 1.85. The van der Waals surface area contributed by atoms with Crippen LogP contribution in [0.15, 0.2) is 48.7 Å². The summed E-state index contributed by atoms with van der Waals surface area (Å²) in [6, 6.07) is 13.1. The molecule has 7 nitrogen and oxygen atoms in total. The second-order valence-corrected chi connectivity index (χ2v) is 8.33. The fraction of sp³-hybridized carbons (Fsp3) is 0.450. The van der Waals surface area contributed by atoms with E-state index in [1.165, 1.54) is 0 Å². The zero-order valence-electron chi connectivity index (χ0n) is 16.6. The summed E-state index contributed by atoms with van der Waals surface area (Å²) in [5.41, 5.74) is 2.02. The van der Waals surface area contributed by atoms with Gasteiger partial charge in [0.25, 0.3) is 0 Å². The lowest BCUT2D eigenvalue weighted by atomic mass is 10.1. The number of pyridine rings is 1. The van der Waals surface area contributed by atoms with Crippen LogP contribution in [0.4, 0.5) is 0 Å². The summed E-state index contributed by atoms with van der Waals surface area (Å²) >= 11 is 0. The molecule has 1 aromatic carbocycles. The van der Waals surface area contributed by atoms with Crippen molar-refractivity contribution in [3.63, 3.8) is 0 Å². The van der Waals surface area contributed by atoms with Crippen molar-refractivity contribution < 1.29 is 17.9 Å². The van der Waals surface area contributed by atoms with Crippen molar-refractivity contribution in [3.8, 4) is 5.88 Å². The fourth-order valence-corrected chi connectivity index (χ4v) is 3.44. The zero-order valence-corrected chi connectivity index (χ0v) is 17.4. The van der Waals surface area contributed by atoms with Crippen LogP contribution in [0, 0.1) is 0 Å². The van der Waals surface area contributed by atoms with Crippen LogP contribution in [0.5, 0.6) is 5.88 Å². The largest absolute Gasteiger partial charge is 0.471 e. The van der Waals surface area contributed by atoms with E-state index in [1.807, 2.05) is 56.3 Å². The molecular weight excluding hydrogens is 378 g/mol. The van der Waals surface area contributed by atoms with E-state index in [0.717, 1.165) is 17.4 Å². The molecule has 2 N–H and O–H groups in total. The van der Waals surface area contributed by atoms with Crippen molar-refractivity contribution in [3.05, 3.63) is 59.8 Å². The number of benzene rings is 1. The Morgan fingerprint density at radius 2 is 1.89 bits per heavy atom. The first-order valence-corrected chi connectivity index (χ1v) is 11.2. The number of ether oxygens (including phenoxy) is 2. The molecule has 2 unspecified atom stereocenters. The van der Waals surface area contributed by atoms with Crippen molar-refractivity contribution in [2.24, 2.45) is 0 Å². The number of nitrogens with zero attached hydrogens (tertiary/aromatic N) is 1. The Kier molecular flexibility index (Phi) is 8.85. The normalized spacial score (nSPS) is 13.8. The molecule has 154 valence electrons. The molecule has 1 heterocycles. The van der Waals surface area contributed by atoms with Crippen molar-refractivity contribution in [1.29, 1.82) is 0 Å². The van der Waals surface area contributed by atoms with Gasteiger partial charge in [-0.05, 0) is 31.0 Å². The molecule has 0 bridgehead atoms. The van der Waals surface area contributed by atoms with E-state index in [9.17, 15) is 8.42 Å². The summed E-state index contributed by atoms with van der Waals surface area (Å²) in [7, 11) is -3.23. The molecule has 0 amide bonds. The van der Waals surface area contributed by atoms with Gasteiger partial charge in [0.2, 0.25) is 15.9 Å². The number of sulfonamides is 1. The molecule has 1 aromatic heterocycles. The highest BCUT2D eigenvalue weighted by molar-refractivity contribution is 7.88. The minimum absolute atomic E-state index is 0.145. The highest BCUT2D eigenvalue weighted by Crippen LogP contribution is 2.14. The van der Waals surface area contributed by atoms with Crippen LogP contribution in [0.1, 0.15) is 31.0 Å². The van der Waals surface area contributed by atoms with E-state index >= 15 is 0 Å². The molecule has 0 saturated heterocycles. The first-order chi connectivity index (χ1) is 13.4. The summed E-state index contributed by atoms with van der Waals surface area (Å²) in [5.74, 6) is 0.575. The molecule has 2 atom stereocenters. The molecular formula is C20H29N3O4S. The molecule has 0 radical (unpaired) electrons. The molecule has 28 heavy (non-hydrogen) atoms. The van der Waals surface area contributed by atoms with Gasteiger partial charge in [-0.15, -0.1) is 0 Å². The maximum absolute atomic E-state index is 11.3. The van der Waals surface area contributed by atoms with E-state index in [1.54, 1.807) is 6.20 Å². The van der Waals surface area contributed by atoms with E-state index in [2.05, 4.69) is 15.0 Å². The molecule has 0 aliphatic rings. The Hall–Kier alpha value is -2.00. The summed E-state index contributed by atoms with van der Waals surface area (Å²) < 4.78 is 36.7. The van der Waals surface area contributed by atoms with Crippen molar-refractivity contribution in [2.75, 3.05) is 26.0 Å². The van der Waals surface area contributed by atoms with Crippen LogP contribution in [-0.4, -0.2) is 45.5 Å². The average Bonchev–Trinajstić information content (AvgIpc) is 2.66. The molecule has 0 fully saturated rings. The molecule has 8 heteroatoms. The van der Waals surface area contributed by atoms with Crippen LogP contribution in [-0.2, 0) is 21.3 Å². The minimum atomic E-state index is -3.23. The van der Waals surface area contributed by atoms with Gasteiger partial charge in [-0.1, -0.05) is 30.3 Å². The van der Waals surface area contributed by atoms with Gasteiger partial charge in [-0.25, -0.2) is 18.1 Å². The molecule has 0 aliphatic heterocycles. The Bertz CT molecular complexity index is 798. The third-order valence-corrected chi connectivity index (χ3v) is 4.79. The fourth-order valence-electron chi connectivity index (χ4n) is 2.66. The van der Waals surface area contributed by atoms with Crippen LogP contribution in [0.3, 0.4) is 0 Å². The summed E-state index contributed by atoms with van der Waals surface area (Å²) in [6.45, 7) is 6.16. The smallest absolute Gasteiger partial charge is 0.213 e. The van der Waals surface area contributed by atoms with Gasteiger partial charge in [-0.2, -0.15) is 0 Å². The minimum Gasteiger partial charge on any atom is -0.471 e. The molecule has 2 rings (SSSR count). The lowest BCUT2D eigenvalue weighted by Gasteiger charge is -2.19. The monoisotopic (exact) mass is 407 g/mol. The average molecular weight is 408 g/mol. The second kappa shape index (κ2) is 11.1. The van der Waals surface area contributed by atoms with Gasteiger partial charge in [0.15, 0.2) is 0 Å². The summed E-state index contributed by atoms with van der Waals surface area (Å²) in [6.07, 6.45) is 2.71. The van der Waals surface area contributed by atoms with E-state index in [-0.39, 0.29) is 12.1 Å². The lowest BCUT2D eigenvalue weighted by molar-refractivity contribution is 0.0539. The molecule has 0 aliphatic carbocycles. The standard InChI is InChI=1S/C20H29N3O4S/c1-4-26-15-19(27-20-7-5-6-12-22-20)14-21-13-17-8-10-18(11-9-17)16(2)23-28(3,24)25/h5-12,16,19,21,23H,4,13-15H2,1-3H3. The SMILES string of the molecule is CCOCC(CNCc1ccc(C(C)NS(C)(=O)=O)cc1)Oc1ccccn1. The van der Waals surface area contributed by atoms with Crippen LogP contribution in [0.25, 0.3) is 0 Å². The van der Waals surface area contributed by atoms with Gasteiger partial charge in [0.05, 0.1) is 12.9 Å². The van der Waals surface area contributed by atoms with E-state index < -0.39 is 10.0 Å². The third-order valence-electron chi connectivity index (χ3n) is 4.00. The number of aromatic nitrogens is 1. The van der Waals surface area contributed by atoms with Gasteiger partial charge in [0.1, 0.15) is 6.10 Å². The third kappa shape index (κ3) is 8.35. The van der Waals surface area contributed by atoms with Crippen LogP contribution >= 0.6 is 0 Å². The van der Waals surface area contributed by atoms with Gasteiger partial charge < -0.3 is 14.8 Å². The summed E-state index contributed by atoms with van der Waals surface area (Å²) in [4.78, 5) is 4.19.